The van der Waals surface area contributed by atoms with E-state index >= 15 is 0 Å². The van der Waals surface area contributed by atoms with Crippen molar-refractivity contribution in [3.05, 3.63) is 16.1 Å². The molecule has 3 nitrogen and oxygen atoms in total. The van der Waals surface area contributed by atoms with Crippen LogP contribution in [0.4, 0.5) is 0 Å². The van der Waals surface area contributed by atoms with Gasteiger partial charge in [0.05, 0.1) is 17.8 Å². The van der Waals surface area contributed by atoms with Gasteiger partial charge in [0.2, 0.25) is 0 Å². The second-order valence-electron chi connectivity index (χ2n) is 6.47. The van der Waals surface area contributed by atoms with Crippen LogP contribution in [0.1, 0.15) is 69.5 Å². The third-order valence-electron chi connectivity index (χ3n) is 4.81. The van der Waals surface area contributed by atoms with E-state index in [2.05, 4.69) is 31.5 Å². The normalized spacial score (nSPS) is 26.4. The summed E-state index contributed by atoms with van der Waals surface area (Å²) in [6, 6.07) is 0. The molecular weight excluding hydrogens is 280 g/mol. The first-order valence-electron chi connectivity index (χ1n) is 8.34. The largest absolute Gasteiger partial charge is 0.383 e. The molecule has 1 heterocycles. The Hall–Kier alpha value is -0.450. The van der Waals surface area contributed by atoms with Crippen molar-refractivity contribution >= 4 is 11.3 Å². The molecule has 0 aromatic carbocycles. The Balaban J connectivity index is 2.28. The van der Waals surface area contributed by atoms with Gasteiger partial charge in [-0.1, -0.05) is 40.0 Å². The third kappa shape index (κ3) is 3.66. The van der Waals surface area contributed by atoms with Crippen LogP contribution in [0.15, 0.2) is 5.38 Å². The molecule has 120 valence electrons. The molecule has 1 N–H and O–H groups in total. The van der Waals surface area contributed by atoms with Crippen LogP contribution in [0, 0.1) is 5.92 Å². The summed E-state index contributed by atoms with van der Waals surface area (Å²) in [5, 5.41) is 7.38. The molecule has 0 saturated heterocycles. The quantitative estimate of drug-likeness (QED) is 0.763. The second-order valence-corrected chi connectivity index (χ2v) is 7.33. The number of nitrogens with one attached hydrogen (secondary N) is 1. The van der Waals surface area contributed by atoms with Crippen LogP contribution >= 0.6 is 11.3 Å². The molecular formula is C17H30N2OS. The Morgan fingerprint density at radius 1 is 1.48 bits per heavy atom. The third-order valence-corrected chi connectivity index (χ3v) is 5.84. The number of hydrogen-bond donors (Lipinski definition) is 1. The summed E-state index contributed by atoms with van der Waals surface area (Å²) >= 11 is 1.85. The molecule has 2 rings (SSSR count). The average molecular weight is 311 g/mol. The van der Waals surface area contributed by atoms with Crippen molar-refractivity contribution < 1.29 is 4.74 Å². The number of ether oxygens (including phenoxy) is 1. The van der Waals surface area contributed by atoms with Gasteiger partial charge in [0.1, 0.15) is 5.01 Å². The van der Waals surface area contributed by atoms with Gasteiger partial charge >= 0.3 is 0 Å². The zero-order valence-electron chi connectivity index (χ0n) is 13.9. The van der Waals surface area contributed by atoms with Crippen LogP contribution in [-0.4, -0.2) is 25.2 Å². The molecule has 1 saturated carbocycles. The van der Waals surface area contributed by atoms with E-state index in [0.717, 1.165) is 13.2 Å². The van der Waals surface area contributed by atoms with Crippen molar-refractivity contribution in [2.45, 2.75) is 64.3 Å². The van der Waals surface area contributed by atoms with Crippen molar-refractivity contribution in [2.75, 3.05) is 20.3 Å². The smallest absolute Gasteiger partial charge is 0.113 e. The summed E-state index contributed by atoms with van der Waals surface area (Å²) in [6.45, 7) is 8.44. The molecule has 0 spiro atoms. The molecule has 1 aliphatic rings. The molecule has 21 heavy (non-hydrogen) atoms. The van der Waals surface area contributed by atoms with Gasteiger partial charge in [0.25, 0.3) is 0 Å². The van der Waals surface area contributed by atoms with Crippen LogP contribution in [0.3, 0.4) is 0 Å². The molecule has 1 fully saturated rings. The van der Waals surface area contributed by atoms with Crippen LogP contribution in [0.25, 0.3) is 0 Å². The maximum Gasteiger partial charge on any atom is 0.113 e. The molecule has 0 aliphatic heterocycles. The molecule has 1 aromatic heterocycles. The number of aromatic nitrogens is 1. The van der Waals surface area contributed by atoms with Crippen molar-refractivity contribution in [1.29, 1.82) is 0 Å². The minimum absolute atomic E-state index is 0.0728. The lowest BCUT2D eigenvalue weighted by Crippen LogP contribution is -2.51. The highest BCUT2D eigenvalue weighted by atomic mass is 32.1. The summed E-state index contributed by atoms with van der Waals surface area (Å²) in [5.41, 5.74) is 1.31. The second kappa shape index (κ2) is 7.70. The SMILES string of the molecule is CCC1CCCCC1(NCCOC)c1nc(C(C)C)cs1. The van der Waals surface area contributed by atoms with Gasteiger partial charge in [0.15, 0.2) is 0 Å². The van der Waals surface area contributed by atoms with Gasteiger partial charge in [0, 0.05) is 19.0 Å². The summed E-state index contributed by atoms with van der Waals surface area (Å²) in [7, 11) is 1.77. The maximum absolute atomic E-state index is 5.25. The Morgan fingerprint density at radius 3 is 2.90 bits per heavy atom. The lowest BCUT2D eigenvalue weighted by molar-refractivity contribution is 0.115. The molecule has 0 amide bonds. The van der Waals surface area contributed by atoms with Crippen molar-refractivity contribution in [2.24, 2.45) is 5.92 Å². The van der Waals surface area contributed by atoms with Gasteiger partial charge < -0.3 is 10.1 Å². The van der Waals surface area contributed by atoms with Crippen molar-refractivity contribution in [3.8, 4) is 0 Å². The minimum Gasteiger partial charge on any atom is -0.383 e. The predicted molar refractivity (Wildman–Crippen MR) is 90.0 cm³/mol. The summed E-state index contributed by atoms with van der Waals surface area (Å²) < 4.78 is 5.25. The monoisotopic (exact) mass is 310 g/mol. The standard InChI is InChI=1S/C17H30N2OS/c1-5-14-8-6-7-9-17(14,18-10-11-20-4)16-19-15(12-21-16)13(2)3/h12-14,18H,5-11H2,1-4H3. The summed E-state index contributed by atoms with van der Waals surface area (Å²) in [5.74, 6) is 1.20. The van der Waals surface area contributed by atoms with Gasteiger partial charge in [-0.25, -0.2) is 4.98 Å². The topological polar surface area (TPSA) is 34.1 Å². The van der Waals surface area contributed by atoms with E-state index in [9.17, 15) is 0 Å². The lowest BCUT2D eigenvalue weighted by Gasteiger charge is -2.43. The Labute approximate surface area is 133 Å². The molecule has 2 unspecified atom stereocenters. The van der Waals surface area contributed by atoms with E-state index in [4.69, 9.17) is 9.72 Å². The molecule has 0 bridgehead atoms. The fourth-order valence-electron chi connectivity index (χ4n) is 3.52. The number of methoxy groups -OCH3 is 1. The first-order valence-corrected chi connectivity index (χ1v) is 9.22. The number of nitrogens with zero attached hydrogens (tertiary/aromatic N) is 1. The minimum atomic E-state index is 0.0728. The molecule has 1 aliphatic carbocycles. The van der Waals surface area contributed by atoms with Crippen LogP contribution in [-0.2, 0) is 10.3 Å². The summed E-state index contributed by atoms with van der Waals surface area (Å²) in [4.78, 5) is 5.00. The number of thiazole rings is 1. The highest BCUT2D eigenvalue weighted by molar-refractivity contribution is 7.09. The van der Waals surface area contributed by atoms with Gasteiger partial charge in [-0.3, -0.25) is 0 Å². The molecule has 4 heteroatoms. The number of hydrogen-bond acceptors (Lipinski definition) is 4. The van der Waals surface area contributed by atoms with Crippen LogP contribution in [0.2, 0.25) is 0 Å². The Morgan fingerprint density at radius 2 is 2.29 bits per heavy atom. The van der Waals surface area contributed by atoms with Crippen molar-refractivity contribution in [1.82, 2.24) is 10.3 Å². The molecule has 2 atom stereocenters. The molecule has 0 radical (unpaired) electrons. The van der Waals surface area contributed by atoms with Gasteiger partial charge in [-0.05, 0) is 24.7 Å². The highest BCUT2D eigenvalue weighted by Gasteiger charge is 2.43. The Kier molecular flexibility index (Phi) is 6.20. The first kappa shape index (κ1) is 16.9. The zero-order valence-corrected chi connectivity index (χ0v) is 14.8. The lowest BCUT2D eigenvalue weighted by atomic mass is 9.71. The van der Waals surface area contributed by atoms with Gasteiger partial charge in [-0.2, -0.15) is 0 Å². The van der Waals surface area contributed by atoms with Crippen LogP contribution in [0.5, 0.6) is 0 Å². The molecule has 1 aromatic rings. The predicted octanol–water partition coefficient (Wildman–Crippen LogP) is 4.30. The Bertz CT molecular complexity index is 432. The van der Waals surface area contributed by atoms with Crippen LogP contribution < -0.4 is 5.32 Å². The van der Waals surface area contributed by atoms with Gasteiger partial charge in [-0.15, -0.1) is 11.3 Å². The van der Waals surface area contributed by atoms with E-state index < -0.39 is 0 Å². The fraction of sp³-hybridized carbons (Fsp3) is 0.824. The van der Waals surface area contributed by atoms with E-state index in [1.165, 1.54) is 42.8 Å². The van der Waals surface area contributed by atoms with E-state index in [1.54, 1.807) is 7.11 Å². The van der Waals surface area contributed by atoms with E-state index in [0.29, 0.717) is 11.8 Å². The van der Waals surface area contributed by atoms with Crippen molar-refractivity contribution in [3.63, 3.8) is 0 Å². The fourth-order valence-corrected chi connectivity index (χ4v) is 4.79. The van der Waals surface area contributed by atoms with E-state index in [1.807, 2.05) is 11.3 Å². The van der Waals surface area contributed by atoms with E-state index in [-0.39, 0.29) is 5.54 Å². The first-order chi connectivity index (χ1) is 10.1. The zero-order chi connectivity index (χ0) is 15.3. The number of rotatable bonds is 7. The highest BCUT2D eigenvalue weighted by Crippen LogP contribution is 2.44. The summed E-state index contributed by atoms with van der Waals surface area (Å²) in [6.07, 6.45) is 6.39. The maximum atomic E-state index is 5.25. The average Bonchev–Trinajstić information content (AvgIpc) is 2.98.